The van der Waals surface area contributed by atoms with Gasteiger partial charge in [-0.15, -0.1) is 0 Å². The van der Waals surface area contributed by atoms with Crippen LogP contribution in [-0.2, 0) is 26.2 Å². The zero-order valence-corrected chi connectivity index (χ0v) is 21.8. The highest BCUT2D eigenvalue weighted by Crippen LogP contribution is 2.27. The van der Waals surface area contributed by atoms with Gasteiger partial charge in [0.05, 0.1) is 11.9 Å². The summed E-state index contributed by atoms with van der Waals surface area (Å²) < 4.78 is 26.3. The molecule has 2 amide bonds. The van der Waals surface area contributed by atoms with Crippen LogP contribution in [0.5, 0.6) is 0 Å². The van der Waals surface area contributed by atoms with Crippen molar-refractivity contribution in [2.45, 2.75) is 52.6 Å². The van der Waals surface area contributed by atoms with Crippen molar-refractivity contribution in [1.82, 2.24) is 10.2 Å². The van der Waals surface area contributed by atoms with E-state index >= 15 is 0 Å². The Morgan fingerprint density at radius 3 is 2.35 bits per heavy atom. The lowest BCUT2D eigenvalue weighted by molar-refractivity contribution is -0.141. The molecule has 0 aromatic heterocycles. The number of amides is 2. The molecule has 0 aliphatic carbocycles. The van der Waals surface area contributed by atoms with Crippen LogP contribution in [0.4, 0.5) is 5.69 Å². The molecule has 0 heterocycles. The van der Waals surface area contributed by atoms with Crippen molar-refractivity contribution < 1.29 is 18.0 Å². The zero-order chi connectivity index (χ0) is 25.3. The Kier molecular flexibility index (Phi) is 10.4. The van der Waals surface area contributed by atoms with E-state index in [0.717, 1.165) is 17.4 Å². The molecule has 9 heteroatoms. The largest absolute Gasteiger partial charge is 0.355 e. The number of nitrogens with one attached hydrogen (secondary N) is 1. The monoisotopic (exact) mass is 507 g/mol. The number of hydrogen-bond acceptors (Lipinski definition) is 4. The van der Waals surface area contributed by atoms with Gasteiger partial charge >= 0.3 is 0 Å². The summed E-state index contributed by atoms with van der Waals surface area (Å²) in [5.41, 5.74) is 2.19. The summed E-state index contributed by atoms with van der Waals surface area (Å²) in [6.07, 6.45) is 2.02. The molecular weight excluding hydrogens is 474 g/mol. The summed E-state index contributed by atoms with van der Waals surface area (Å²) >= 11 is 6.10. The quantitative estimate of drug-likeness (QED) is 0.467. The molecule has 0 bridgehead atoms. The highest BCUT2D eigenvalue weighted by atomic mass is 35.5. The first-order valence-electron chi connectivity index (χ1n) is 11.4. The fourth-order valence-corrected chi connectivity index (χ4v) is 5.01. The van der Waals surface area contributed by atoms with Gasteiger partial charge in [-0.3, -0.25) is 13.9 Å². The fraction of sp³-hybridized carbons (Fsp3) is 0.440. The molecule has 186 valence electrons. The summed E-state index contributed by atoms with van der Waals surface area (Å²) in [4.78, 5) is 27.6. The summed E-state index contributed by atoms with van der Waals surface area (Å²) in [7, 11) is -3.58. The molecular formula is C25H34ClN3O4S. The summed E-state index contributed by atoms with van der Waals surface area (Å²) in [5, 5.41) is 3.25. The van der Waals surface area contributed by atoms with Crippen LogP contribution in [0.2, 0.25) is 5.02 Å². The van der Waals surface area contributed by atoms with E-state index in [2.05, 4.69) is 5.32 Å². The van der Waals surface area contributed by atoms with Gasteiger partial charge in [0.15, 0.2) is 0 Å². The number of hydrogen-bond donors (Lipinski definition) is 1. The zero-order valence-electron chi connectivity index (χ0n) is 20.3. The number of benzene rings is 2. The van der Waals surface area contributed by atoms with Gasteiger partial charge in [0, 0.05) is 31.1 Å². The predicted molar refractivity (Wildman–Crippen MR) is 137 cm³/mol. The van der Waals surface area contributed by atoms with Crippen molar-refractivity contribution in [2.24, 2.45) is 0 Å². The lowest BCUT2D eigenvalue weighted by atomic mass is 10.1. The normalized spacial score (nSPS) is 12.1. The molecule has 1 N–H and O–H groups in total. The van der Waals surface area contributed by atoms with E-state index in [1.165, 1.54) is 4.31 Å². The van der Waals surface area contributed by atoms with Crippen molar-refractivity contribution in [3.63, 3.8) is 0 Å². The molecule has 0 aliphatic heterocycles. The first-order valence-corrected chi connectivity index (χ1v) is 13.7. The summed E-state index contributed by atoms with van der Waals surface area (Å²) in [5.74, 6) is -0.389. The molecule has 2 aromatic rings. The number of likely N-dealkylation sites (N-methyl/N-ethyl adjacent to an activating group) is 1. The van der Waals surface area contributed by atoms with Crippen molar-refractivity contribution in [3.05, 3.63) is 64.7 Å². The maximum Gasteiger partial charge on any atom is 0.242 e. The lowest BCUT2D eigenvalue weighted by Gasteiger charge is -2.31. The van der Waals surface area contributed by atoms with Crippen LogP contribution >= 0.6 is 11.6 Å². The van der Waals surface area contributed by atoms with Crippen LogP contribution in [0.3, 0.4) is 0 Å². The molecule has 2 rings (SSSR count). The number of carbonyl (C=O) groups excluding carboxylic acids is 2. The third-order valence-electron chi connectivity index (χ3n) is 5.52. The first kappa shape index (κ1) is 27.7. The van der Waals surface area contributed by atoms with Gasteiger partial charge in [-0.05, 0) is 49.9 Å². The predicted octanol–water partition coefficient (Wildman–Crippen LogP) is 4.14. The van der Waals surface area contributed by atoms with Gasteiger partial charge < -0.3 is 10.2 Å². The van der Waals surface area contributed by atoms with Crippen LogP contribution in [0.1, 0.15) is 44.2 Å². The highest BCUT2D eigenvalue weighted by molar-refractivity contribution is 7.92. The molecule has 0 aliphatic rings. The third-order valence-corrected chi connectivity index (χ3v) is 6.94. The number of aryl methyl sites for hydroxylation is 1. The third kappa shape index (κ3) is 7.74. The van der Waals surface area contributed by atoms with Crippen molar-refractivity contribution in [3.8, 4) is 0 Å². The van der Waals surface area contributed by atoms with Crippen molar-refractivity contribution >= 4 is 39.1 Å². The van der Waals surface area contributed by atoms with E-state index in [9.17, 15) is 18.0 Å². The molecule has 0 unspecified atom stereocenters. The number of sulfonamides is 1. The highest BCUT2D eigenvalue weighted by Gasteiger charge is 2.28. The van der Waals surface area contributed by atoms with E-state index < -0.39 is 16.1 Å². The lowest BCUT2D eigenvalue weighted by Crippen LogP contribution is -2.49. The average molecular weight is 508 g/mol. The Morgan fingerprint density at radius 2 is 1.76 bits per heavy atom. The second-order valence-corrected chi connectivity index (χ2v) is 10.5. The second-order valence-electron chi connectivity index (χ2n) is 8.20. The van der Waals surface area contributed by atoms with Crippen LogP contribution in [0.15, 0.2) is 48.5 Å². The van der Waals surface area contributed by atoms with Gasteiger partial charge in [-0.2, -0.15) is 0 Å². The molecule has 1 atom stereocenters. The summed E-state index contributed by atoms with van der Waals surface area (Å²) in [6.45, 7) is 6.44. The Bertz CT molecular complexity index is 1080. The molecule has 0 radical (unpaired) electrons. The maximum atomic E-state index is 13.3. The van der Waals surface area contributed by atoms with Gasteiger partial charge in [-0.25, -0.2) is 8.42 Å². The standard InChI is InChI=1S/C25H34ClN3O4S/c1-5-22(25(31)27-6-2)28(18-20-11-8-7-9-12-20)24(30)13-10-16-29(34(4,32)33)23-17-21(26)15-14-19(23)3/h7-9,11-12,14-15,17,22H,5-6,10,13,16,18H2,1-4H3,(H,27,31)/t22-/m0/s1. The smallest absolute Gasteiger partial charge is 0.242 e. The molecule has 0 saturated carbocycles. The minimum atomic E-state index is -3.58. The second kappa shape index (κ2) is 12.8. The number of carbonyl (C=O) groups is 2. The minimum Gasteiger partial charge on any atom is -0.355 e. The Morgan fingerprint density at radius 1 is 1.09 bits per heavy atom. The molecule has 0 fully saturated rings. The van der Waals surface area contributed by atoms with Crippen molar-refractivity contribution in [1.29, 1.82) is 0 Å². The number of nitrogens with zero attached hydrogens (tertiary/aromatic N) is 2. The SMILES string of the molecule is CCNC(=O)[C@H](CC)N(Cc1ccccc1)C(=O)CCCN(c1cc(Cl)ccc1C)S(C)(=O)=O. The first-order chi connectivity index (χ1) is 16.1. The fourth-order valence-electron chi connectivity index (χ4n) is 3.83. The molecule has 0 saturated heterocycles. The average Bonchev–Trinajstić information content (AvgIpc) is 2.78. The summed E-state index contributed by atoms with van der Waals surface area (Å²) in [6, 6.07) is 14.0. The Balaban J connectivity index is 2.21. The molecule has 2 aromatic carbocycles. The van der Waals surface area contributed by atoms with Crippen LogP contribution < -0.4 is 9.62 Å². The van der Waals surface area contributed by atoms with Gasteiger partial charge in [-0.1, -0.05) is 54.9 Å². The molecule has 7 nitrogen and oxygen atoms in total. The van der Waals surface area contributed by atoms with E-state index in [0.29, 0.717) is 36.6 Å². The Labute approximate surface area is 208 Å². The molecule has 0 spiro atoms. The topological polar surface area (TPSA) is 86.8 Å². The van der Waals surface area contributed by atoms with Crippen LogP contribution in [0, 0.1) is 6.92 Å². The number of anilines is 1. The van der Waals surface area contributed by atoms with Crippen molar-refractivity contribution in [2.75, 3.05) is 23.7 Å². The van der Waals surface area contributed by atoms with Gasteiger partial charge in [0.2, 0.25) is 21.8 Å². The van der Waals surface area contributed by atoms with E-state index in [-0.39, 0.29) is 24.8 Å². The van der Waals surface area contributed by atoms with E-state index in [1.54, 1.807) is 23.1 Å². The van der Waals surface area contributed by atoms with Gasteiger partial charge in [0.1, 0.15) is 6.04 Å². The molecule has 34 heavy (non-hydrogen) atoms. The van der Waals surface area contributed by atoms with E-state index in [4.69, 9.17) is 11.6 Å². The van der Waals surface area contributed by atoms with Crippen LogP contribution in [-0.4, -0.2) is 50.5 Å². The van der Waals surface area contributed by atoms with Gasteiger partial charge in [0.25, 0.3) is 0 Å². The van der Waals surface area contributed by atoms with E-state index in [1.807, 2.05) is 51.1 Å². The number of halogens is 1. The maximum absolute atomic E-state index is 13.3. The Hall–Kier alpha value is -2.58. The minimum absolute atomic E-state index is 0.106. The van der Waals surface area contributed by atoms with Crippen LogP contribution in [0.25, 0.3) is 0 Å². The number of rotatable bonds is 12.